The Morgan fingerprint density at radius 3 is 2.58 bits per heavy atom. The number of carbonyl (C=O) groups excluding carboxylic acids is 1. The van der Waals surface area contributed by atoms with Gasteiger partial charge < -0.3 is 33.9 Å². The van der Waals surface area contributed by atoms with E-state index >= 15 is 0 Å². The van der Waals surface area contributed by atoms with Gasteiger partial charge in [0, 0.05) is 23.6 Å². The largest absolute Gasteiger partial charge is 0.493 e. The first-order valence-electron chi connectivity index (χ1n) is 10.1. The molecule has 0 aliphatic carbocycles. The van der Waals surface area contributed by atoms with Crippen molar-refractivity contribution in [3.05, 3.63) is 41.0 Å². The molecule has 0 bridgehead atoms. The van der Waals surface area contributed by atoms with Crippen molar-refractivity contribution in [1.82, 2.24) is 0 Å². The Bertz CT molecular complexity index is 1060. The molecule has 8 heteroatoms. The molecule has 3 aliphatic rings. The normalized spacial score (nSPS) is 24.9. The van der Waals surface area contributed by atoms with E-state index < -0.39 is 30.3 Å². The van der Waals surface area contributed by atoms with E-state index in [-0.39, 0.29) is 12.4 Å². The van der Waals surface area contributed by atoms with Crippen LogP contribution in [0.25, 0.3) is 0 Å². The molecule has 0 spiro atoms. The number of methoxy groups -OCH3 is 2. The maximum absolute atomic E-state index is 13.6. The summed E-state index contributed by atoms with van der Waals surface area (Å²) in [5, 5.41) is 19.9. The molecule has 4 atom stereocenters. The van der Waals surface area contributed by atoms with Gasteiger partial charge in [-0.05, 0) is 25.1 Å². The average Bonchev–Trinajstić information content (AvgIpc) is 3.23. The fourth-order valence-electron chi connectivity index (χ4n) is 4.51. The Morgan fingerprint density at radius 1 is 1.13 bits per heavy atom. The van der Waals surface area contributed by atoms with E-state index in [2.05, 4.69) is 0 Å². The molecule has 3 aliphatic heterocycles. The molecule has 2 N–H and O–H groups in total. The van der Waals surface area contributed by atoms with Gasteiger partial charge in [0.1, 0.15) is 41.7 Å². The average molecular weight is 428 g/mol. The summed E-state index contributed by atoms with van der Waals surface area (Å²) in [7, 11) is 3.09. The molecule has 2 aromatic carbocycles. The van der Waals surface area contributed by atoms with Crippen LogP contribution in [-0.2, 0) is 6.42 Å². The minimum atomic E-state index is -1.41. The SMILES string of the molecule is COc1cc2c(cc1OC)[C@H]1C(=O)c3ccc4c(c3O[C@H]1CO2)C[C@@H]([C@@](C)(O)CO)O4. The molecular formula is C23H24O8. The molecule has 8 nitrogen and oxygen atoms in total. The Hall–Kier alpha value is -2.97. The summed E-state index contributed by atoms with van der Waals surface area (Å²) in [6.07, 6.45) is -0.802. The highest BCUT2D eigenvalue weighted by Crippen LogP contribution is 2.50. The van der Waals surface area contributed by atoms with E-state index in [0.29, 0.717) is 46.3 Å². The number of Topliss-reactive ketones (excluding diaryl/α,β-unsaturated/α-hetero) is 1. The van der Waals surface area contributed by atoms with Crippen molar-refractivity contribution in [1.29, 1.82) is 0 Å². The Balaban J connectivity index is 1.55. The van der Waals surface area contributed by atoms with Gasteiger partial charge in [-0.15, -0.1) is 0 Å². The van der Waals surface area contributed by atoms with Crippen LogP contribution < -0.4 is 23.7 Å². The van der Waals surface area contributed by atoms with Gasteiger partial charge in [-0.2, -0.15) is 0 Å². The van der Waals surface area contributed by atoms with Gasteiger partial charge in [0.25, 0.3) is 0 Å². The number of hydrogen-bond acceptors (Lipinski definition) is 8. The Labute approximate surface area is 179 Å². The van der Waals surface area contributed by atoms with Gasteiger partial charge in [-0.25, -0.2) is 0 Å². The lowest BCUT2D eigenvalue weighted by Gasteiger charge is -2.37. The Kier molecular flexibility index (Phi) is 4.53. The molecule has 164 valence electrons. The second kappa shape index (κ2) is 7.03. The third kappa shape index (κ3) is 2.93. The Morgan fingerprint density at radius 2 is 1.87 bits per heavy atom. The summed E-state index contributed by atoms with van der Waals surface area (Å²) < 4.78 is 28.8. The highest BCUT2D eigenvalue weighted by Gasteiger charge is 2.47. The summed E-state index contributed by atoms with van der Waals surface area (Å²) >= 11 is 0. The minimum Gasteiger partial charge on any atom is -0.493 e. The molecule has 31 heavy (non-hydrogen) atoms. The molecule has 0 aromatic heterocycles. The fourth-order valence-corrected chi connectivity index (χ4v) is 4.51. The van der Waals surface area contributed by atoms with Crippen LogP contribution in [-0.4, -0.2) is 61.2 Å². The molecule has 0 unspecified atom stereocenters. The first-order chi connectivity index (χ1) is 14.9. The van der Waals surface area contributed by atoms with E-state index in [1.165, 1.54) is 6.92 Å². The van der Waals surface area contributed by atoms with Crippen LogP contribution in [0.1, 0.15) is 34.3 Å². The van der Waals surface area contributed by atoms with Crippen LogP contribution in [0.2, 0.25) is 0 Å². The van der Waals surface area contributed by atoms with Crippen molar-refractivity contribution in [2.75, 3.05) is 27.4 Å². The molecule has 0 saturated heterocycles. The van der Waals surface area contributed by atoms with E-state index in [9.17, 15) is 15.0 Å². The smallest absolute Gasteiger partial charge is 0.178 e. The van der Waals surface area contributed by atoms with Crippen molar-refractivity contribution in [3.63, 3.8) is 0 Å². The van der Waals surface area contributed by atoms with Crippen molar-refractivity contribution in [2.45, 2.75) is 37.1 Å². The number of aliphatic hydroxyl groups is 2. The van der Waals surface area contributed by atoms with Crippen molar-refractivity contribution < 1.29 is 38.7 Å². The van der Waals surface area contributed by atoms with Gasteiger partial charge in [-0.3, -0.25) is 4.79 Å². The minimum absolute atomic E-state index is 0.0665. The molecule has 5 rings (SSSR count). The van der Waals surface area contributed by atoms with Crippen LogP contribution in [0.3, 0.4) is 0 Å². The number of ether oxygens (including phenoxy) is 5. The predicted octanol–water partition coefficient (Wildman–Crippen LogP) is 1.87. The number of ketones is 1. The first kappa shape index (κ1) is 20.0. The third-order valence-electron chi connectivity index (χ3n) is 6.33. The molecule has 0 amide bonds. The van der Waals surface area contributed by atoms with E-state index in [0.717, 1.165) is 5.56 Å². The summed E-state index contributed by atoms with van der Waals surface area (Å²) in [6.45, 7) is 1.29. The van der Waals surface area contributed by atoms with Gasteiger partial charge in [-0.1, -0.05) is 0 Å². The van der Waals surface area contributed by atoms with Crippen molar-refractivity contribution in [2.24, 2.45) is 0 Å². The summed E-state index contributed by atoms with van der Waals surface area (Å²) in [5.74, 6) is 2.03. The monoisotopic (exact) mass is 428 g/mol. The van der Waals surface area contributed by atoms with Crippen molar-refractivity contribution in [3.8, 4) is 28.7 Å². The number of rotatable bonds is 4. The molecular weight excluding hydrogens is 404 g/mol. The molecule has 0 radical (unpaired) electrons. The van der Waals surface area contributed by atoms with Crippen LogP contribution in [0.15, 0.2) is 24.3 Å². The van der Waals surface area contributed by atoms with Gasteiger partial charge in [0.2, 0.25) is 0 Å². The first-order valence-corrected chi connectivity index (χ1v) is 10.1. The summed E-state index contributed by atoms with van der Waals surface area (Å²) in [4.78, 5) is 13.6. The third-order valence-corrected chi connectivity index (χ3v) is 6.33. The van der Waals surface area contributed by atoms with Crippen LogP contribution in [0, 0.1) is 0 Å². The lowest BCUT2D eigenvalue weighted by Crippen LogP contribution is -2.45. The predicted molar refractivity (Wildman–Crippen MR) is 109 cm³/mol. The number of benzene rings is 2. The van der Waals surface area contributed by atoms with Crippen molar-refractivity contribution >= 4 is 5.78 Å². The highest BCUT2D eigenvalue weighted by atomic mass is 16.5. The number of hydrogen-bond donors (Lipinski definition) is 2. The molecule has 3 heterocycles. The second-order valence-corrected chi connectivity index (χ2v) is 8.30. The highest BCUT2D eigenvalue weighted by molar-refractivity contribution is 6.06. The zero-order valence-corrected chi connectivity index (χ0v) is 17.5. The second-order valence-electron chi connectivity index (χ2n) is 8.30. The molecule has 0 saturated carbocycles. The number of carbonyl (C=O) groups is 1. The standard InChI is InChI=1S/C23H24O8/c1-23(26,10-24)19-7-13-14(30-19)5-4-11-21(25)20-12-6-16(27-2)17(28-3)8-15(12)29-9-18(20)31-22(11)13/h4-6,8,18-20,24,26H,7,9-10H2,1-3H3/t18-,19-,20+,23-/m0/s1. The van der Waals surface area contributed by atoms with E-state index in [1.807, 2.05) is 0 Å². The zero-order chi connectivity index (χ0) is 21.9. The van der Waals surface area contributed by atoms with Gasteiger partial charge in [0.15, 0.2) is 17.3 Å². The van der Waals surface area contributed by atoms with E-state index in [1.54, 1.807) is 38.5 Å². The van der Waals surface area contributed by atoms with E-state index in [4.69, 9.17) is 23.7 Å². The van der Waals surface area contributed by atoms with Crippen LogP contribution >= 0.6 is 0 Å². The summed E-state index contributed by atoms with van der Waals surface area (Å²) in [5.41, 5.74) is 0.481. The molecule has 2 aromatic rings. The van der Waals surface area contributed by atoms with Crippen LogP contribution in [0.5, 0.6) is 28.7 Å². The fraction of sp³-hybridized carbons (Fsp3) is 0.435. The van der Waals surface area contributed by atoms with Gasteiger partial charge in [0.05, 0.1) is 32.3 Å². The lowest BCUT2D eigenvalue weighted by molar-refractivity contribution is -0.0729. The maximum Gasteiger partial charge on any atom is 0.178 e. The van der Waals surface area contributed by atoms with Crippen LogP contribution in [0.4, 0.5) is 0 Å². The molecule has 0 fully saturated rings. The zero-order valence-electron chi connectivity index (χ0n) is 17.5. The number of fused-ring (bicyclic) bond motifs is 6. The summed E-state index contributed by atoms with van der Waals surface area (Å²) in [6, 6.07) is 6.91. The quantitative estimate of drug-likeness (QED) is 0.761. The maximum atomic E-state index is 13.6. The lowest BCUT2D eigenvalue weighted by atomic mass is 9.81. The topological polar surface area (TPSA) is 104 Å². The number of aliphatic hydroxyl groups excluding tert-OH is 1. The van der Waals surface area contributed by atoms with Gasteiger partial charge >= 0.3 is 0 Å².